The van der Waals surface area contributed by atoms with Crippen LogP contribution in [-0.4, -0.2) is 29.6 Å². The van der Waals surface area contributed by atoms with Crippen LogP contribution >= 0.6 is 0 Å². The number of aromatic nitrogens is 2. The molecule has 1 aliphatic carbocycles. The highest BCUT2D eigenvalue weighted by Crippen LogP contribution is 2.20. The van der Waals surface area contributed by atoms with Crippen molar-refractivity contribution in [2.24, 2.45) is 5.92 Å². The van der Waals surface area contributed by atoms with E-state index in [4.69, 9.17) is 0 Å². The molecule has 4 heteroatoms. The van der Waals surface area contributed by atoms with Crippen LogP contribution in [0.1, 0.15) is 44.4 Å². The molecule has 1 heterocycles. The minimum atomic E-state index is 0.713. The van der Waals surface area contributed by atoms with Crippen molar-refractivity contribution in [1.29, 1.82) is 0 Å². The zero-order chi connectivity index (χ0) is 13.8. The van der Waals surface area contributed by atoms with Gasteiger partial charge in [-0.3, -0.25) is 0 Å². The van der Waals surface area contributed by atoms with Gasteiger partial charge in [0.25, 0.3) is 0 Å². The van der Waals surface area contributed by atoms with Crippen molar-refractivity contribution < 1.29 is 0 Å². The summed E-state index contributed by atoms with van der Waals surface area (Å²) >= 11 is 0. The summed E-state index contributed by atoms with van der Waals surface area (Å²) < 4.78 is 0. The number of aryl methyl sites for hydroxylation is 1. The topological polar surface area (TPSA) is 41.1 Å². The van der Waals surface area contributed by atoms with E-state index in [1.54, 1.807) is 0 Å². The van der Waals surface area contributed by atoms with Crippen molar-refractivity contribution in [2.75, 3.05) is 18.5 Å². The van der Waals surface area contributed by atoms with E-state index in [1.165, 1.54) is 24.8 Å². The molecule has 1 aliphatic rings. The maximum atomic E-state index is 4.62. The van der Waals surface area contributed by atoms with E-state index in [1.807, 2.05) is 6.20 Å². The summed E-state index contributed by atoms with van der Waals surface area (Å²) in [7, 11) is 2.07. The predicted molar refractivity (Wildman–Crippen MR) is 79.4 cm³/mol. The van der Waals surface area contributed by atoms with Gasteiger partial charge in [-0.1, -0.05) is 13.8 Å². The summed E-state index contributed by atoms with van der Waals surface area (Å²) in [6, 6.07) is 0.729. The van der Waals surface area contributed by atoms with Gasteiger partial charge in [-0.25, -0.2) is 9.97 Å². The zero-order valence-electron chi connectivity index (χ0n) is 12.6. The molecule has 0 aromatic carbocycles. The van der Waals surface area contributed by atoms with E-state index in [-0.39, 0.29) is 0 Å². The van der Waals surface area contributed by atoms with Crippen LogP contribution in [0.3, 0.4) is 0 Å². The molecule has 19 heavy (non-hydrogen) atoms. The van der Waals surface area contributed by atoms with Gasteiger partial charge in [0.05, 0.1) is 0 Å². The Morgan fingerprint density at radius 3 is 2.74 bits per heavy atom. The summed E-state index contributed by atoms with van der Waals surface area (Å²) in [5.74, 6) is 1.55. The predicted octanol–water partition coefficient (Wildman–Crippen LogP) is 2.52. The van der Waals surface area contributed by atoms with Crippen molar-refractivity contribution in [3.05, 3.63) is 17.5 Å². The average Bonchev–Trinajstić information content (AvgIpc) is 3.18. The van der Waals surface area contributed by atoms with E-state index in [0.717, 1.165) is 30.8 Å². The van der Waals surface area contributed by atoms with E-state index >= 15 is 0 Å². The molecule has 0 saturated heterocycles. The number of nitrogens with one attached hydrogen (secondary N) is 1. The Bertz CT molecular complexity index is 413. The van der Waals surface area contributed by atoms with Crippen LogP contribution in [0.15, 0.2) is 6.20 Å². The third-order valence-corrected chi connectivity index (χ3v) is 3.61. The minimum absolute atomic E-state index is 0.713. The van der Waals surface area contributed by atoms with Gasteiger partial charge in [0.15, 0.2) is 0 Å². The van der Waals surface area contributed by atoms with Gasteiger partial charge in [-0.2, -0.15) is 0 Å². The van der Waals surface area contributed by atoms with Crippen LogP contribution in [0.5, 0.6) is 0 Å². The fraction of sp³-hybridized carbons (Fsp3) is 0.733. The number of hydrogen-bond acceptors (Lipinski definition) is 4. The van der Waals surface area contributed by atoms with Gasteiger partial charge in [0.2, 0.25) is 5.95 Å². The molecule has 4 nitrogen and oxygen atoms in total. The van der Waals surface area contributed by atoms with Crippen molar-refractivity contribution in [1.82, 2.24) is 15.3 Å². The highest BCUT2D eigenvalue weighted by atomic mass is 15.2. The lowest BCUT2D eigenvalue weighted by Crippen LogP contribution is -2.23. The molecular formula is C15H26N4. The van der Waals surface area contributed by atoms with Crippen LogP contribution in [0.25, 0.3) is 0 Å². The molecule has 1 saturated carbocycles. The zero-order valence-corrected chi connectivity index (χ0v) is 12.6. The Labute approximate surface area is 116 Å². The monoisotopic (exact) mass is 262 g/mol. The van der Waals surface area contributed by atoms with Crippen molar-refractivity contribution in [3.8, 4) is 0 Å². The molecule has 0 unspecified atom stereocenters. The van der Waals surface area contributed by atoms with Crippen molar-refractivity contribution in [3.63, 3.8) is 0 Å². The summed E-state index contributed by atoms with van der Waals surface area (Å²) in [6.07, 6.45) is 5.77. The molecule has 1 aromatic heterocycles. The molecule has 0 radical (unpaired) electrons. The first kappa shape index (κ1) is 14.3. The standard InChI is InChI=1S/C15H26N4/c1-11(2)7-8-19(4)15-17-10-13(12(3)18-15)9-16-14-5-6-14/h10-11,14,16H,5-9H2,1-4H3. The molecule has 0 aliphatic heterocycles. The van der Waals surface area contributed by atoms with Crippen molar-refractivity contribution >= 4 is 5.95 Å². The Hall–Kier alpha value is -1.16. The Balaban J connectivity index is 1.92. The maximum Gasteiger partial charge on any atom is 0.225 e. The normalized spacial score (nSPS) is 15.0. The van der Waals surface area contributed by atoms with Crippen LogP contribution in [0.2, 0.25) is 0 Å². The Morgan fingerprint density at radius 1 is 1.42 bits per heavy atom. The summed E-state index contributed by atoms with van der Waals surface area (Å²) in [5, 5.41) is 3.51. The lowest BCUT2D eigenvalue weighted by atomic mass is 10.1. The molecule has 1 aromatic rings. The van der Waals surface area contributed by atoms with Gasteiger partial charge in [0, 0.05) is 43.6 Å². The molecular weight excluding hydrogens is 236 g/mol. The van der Waals surface area contributed by atoms with E-state index in [9.17, 15) is 0 Å². The van der Waals surface area contributed by atoms with E-state index in [2.05, 4.69) is 48.0 Å². The quantitative estimate of drug-likeness (QED) is 0.820. The first-order valence-electron chi connectivity index (χ1n) is 7.33. The van der Waals surface area contributed by atoms with Gasteiger partial charge >= 0.3 is 0 Å². The second-order valence-corrected chi connectivity index (χ2v) is 6.04. The molecule has 1 fully saturated rings. The SMILES string of the molecule is Cc1nc(N(C)CCC(C)C)ncc1CNC1CC1. The highest BCUT2D eigenvalue weighted by molar-refractivity contribution is 5.31. The lowest BCUT2D eigenvalue weighted by molar-refractivity contribution is 0.581. The van der Waals surface area contributed by atoms with Crippen LogP contribution in [-0.2, 0) is 6.54 Å². The number of anilines is 1. The molecule has 0 amide bonds. The molecule has 0 bridgehead atoms. The fourth-order valence-electron chi connectivity index (χ4n) is 1.93. The molecule has 0 spiro atoms. The van der Waals surface area contributed by atoms with E-state index < -0.39 is 0 Å². The molecule has 106 valence electrons. The van der Waals surface area contributed by atoms with Gasteiger partial charge in [-0.15, -0.1) is 0 Å². The number of hydrogen-bond donors (Lipinski definition) is 1. The lowest BCUT2D eigenvalue weighted by Gasteiger charge is -2.19. The molecule has 0 atom stereocenters. The second-order valence-electron chi connectivity index (χ2n) is 6.04. The Kier molecular flexibility index (Phi) is 4.75. The van der Waals surface area contributed by atoms with Crippen molar-refractivity contribution in [2.45, 2.75) is 52.6 Å². The van der Waals surface area contributed by atoms with Crippen LogP contribution in [0, 0.1) is 12.8 Å². The van der Waals surface area contributed by atoms with Gasteiger partial charge in [-0.05, 0) is 32.1 Å². The third-order valence-electron chi connectivity index (χ3n) is 3.61. The summed E-state index contributed by atoms with van der Waals surface area (Å²) in [5.41, 5.74) is 2.31. The summed E-state index contributed by atoms with van der Waals surface area (Å²) in [4.78, 5) is 11.3. The first-order chi connectivity index (χ1) is 9.06. The largest absolute Gasteiger partial charge is 0.344 e. The first-order valence-corrected chi connectivity index (χ1v) is 7.33. The average molecular weight is 262 g/mol. The second kappa shape index (κ2) is 6.33. The third kappa shape index (κ3) is 4.46. The fourth-order valence-corrected chi connectivity index (χ4v) is 1.93. The Morgan fingerprint density at radius 2 is 2.16 bits per heavy atom. The van der Waals surface area contributed by atoms with Gasteiger partial charge in [0.1, 0.15) is 0 Å². The highest BCUT2D eigenvalue weighted by Gasteiger charge is 2.20. The summed E-state index contributed by atoms with van der Waals surface area (Å²) in [6.45, 7) is 8.47. The van der Waals surface area contributed by atoms with E-state index in [0.29, 0.717) is 5.92 Å². The number of nitrogens with zero attached hydrogens (tertiary/aromatic N) is 3. The smallest absolute Gasteiger partial charge is 0.225 e. The maximum absolute atomic E-state index is 4.62. The minimum Gasteiger partial charge on any atom is -0.344 e. The molecule has 2 rings (SSSR count). The molecule has 1 N–H and O–H groups in total. The number of rotatable bonds is 7. The van der Waals surface area contributed by atoms with Crippen LogP contribution in [0.4, 0.5) is 5.95 Å². The van der Waals surface area contributed by atoms with Gasteiger partial charge < -0.3 is 10.2 Å². The van der Waals surface area contributed by atoms with Crippen LogP contribution < -0.4 is 10.2 Å².